The van der Waals surface area contributed by atoms with Crippen LogP contribution in [0.25, 0.3) is 0 Å². The van der Waals surface area contributed by atoms with Crippen molar-refractivity contribution in [3.8, 4) is 0 Å². The van der Waals surface area contributed by atoms with E-state index in [0.717, 1.165) is 0 Å². The molecule has 1 atom stereocenters. The van der Waals surface area contributed by atoms with Gasteiger partial charge in [0.05, 0.1) is 8.07 Å². The van der Waals surface area contributed by atoms with Gasteiger partial charge >= 0.3 is 6.18 Å². The Morgan fingerprint density at radius 2 is 1.65 bits per heavy atom. The van der Waals surface area contributed by atoms with Crippen molar-refractivity contribution < 1.29 is 13.2 Å². The van der Waals surface area contributed by atoms with Gasteiger partial charge in [0.1, 0.15) is 0 Å². The van der Waals surface area contributed by atoms with Crippen molar-refractivity contribution in [2.45, 2.75) is 30.3 Å². The van der Waals surface area contributed by atoms with Crippen molar-refractivity contribution in [2.24, 2.45) is 0 Å². The molecule has 0 amide bonds. The maximum absolute atomic E-state index is 13.3. The van der Waals surface area contributed by atoms with Crippen LogP contribution in [0.2, 0.25) is 24.7 Å². The first-order chi connectivity index (χ1) is 7.50. The highest BCUT2D eigenvalue weighted by atomic mass is 35.5. The van der Waals surface area contributed by atoms with E-state index >= 15 is 0 Å². The lowest BCUT2D eigenvalue weighted by Crippen LogP contribution is -2.55. The second kappa shape index (κ2) is 4.48. The zero-order valence-electron chi connectivity index (χ0n) is 9.70. The number of halogens is 5. The van der Waals surface area contributed by atoms with Gasteiger partial charge in [0, 0.05) is 5.02 Å². The fourth-order valence-electron chi connectivity index (χ4n) is 1.72. The van der Waals surface area contributed by atoms with E-state index in [1.54, 1.807) is 19.6 Å². The normalized spacial score (nSPS) is 16.7. The molecular formula is C11H13Cl2F3Si. The second-order valence-electron chi connectivity index (χ2n) is 4.92. The molecule has 0 aliphatic carbocycles. The molecule has 6 heteroatoms. The van der Waals surface area contributed by atoms with Crippen LogP contribution in [0.5, 0.6) is 0 Å². The SMILES string of the molecule is C[Si](C)(C)C(Cl)(c1cccc(Cl)c1)C(F)(F)F. The average molecular weight is 301 g/mol. The predicted molar refractivity (Wildman–Crippen MR) is 68.4 cm³/mol. The van der Waals surface area contributed by atoms with Gasteiger partial charge in [0.15, 0.2) is 4.50 Å². The summed E-state index contributed by atoms with van der Waals surface area (Å²) in [6.45, 7) is 4.77. The van der Waals surface area contributed by atoms with Crippen LogP contribution in [0.3, 0.4) is 0 Å². The van der Waals surface area contributed by atoms with E-state index in [-0.39, 0.29) is 10.6 Å². The van der Waals surface area contributed by atoms with Crippen LogP contribution in [0.15, 0.2) is 24.3 Å². The van der Waals surface area contributed by atoms with Crippen LogP contribution in [0.4, 0.5) is 13.2 Å². The number of alkyl halides is 4. The first-order valence-electron chi connectivity index (χ1n) is 5.02. The zero-order chi connectivity index (χ0) is 13.5. The molecule has 1 aromatic carbocycles. The van der Waals surface area contributed by atoms with E-state index < -0.39 is 18.7 Å². The Balaban J connectivity index is 3.46. The Bertz CT molecular complexity index is 396. The minimum Gasteiger partial charge on any atom is -0.169 e. The monoisotopic (exact) mass is 300 g/mol. The van der Waals surface area contributed by atoms with Gasteiger partial charge in [0.2, 0.25) is 0 Å². The molecule has 0 saturated heterocycles. The maximum Gasteiger partial charge on any atom is 0.408 e. The molecule has 1 rings (SSSR count). The number of rotatable bonds is 2. The maximum atomic E-state index is 13.3. The Kier molecular flexibility index (Phi) is 3.92. The summed E-state index contributed by atoms with van der Waals surface area (Å²) in [6, 6.07) is 5.69. The molecule has 0 aliphatic heterocycles. The smallest absolute Gasteiger partial charge is 0.169 e. The van der Waals surface area contributed by atoms with Crippen molar-refractivity contribution in [2.75, 3.05) is 0 Å². The molecule has 1 aromatic rings. The van der Waals surface area contributed by atoms with Gasteiger partial charge in [-0.2, -0.15) is 13.2 Å². The van der Waals surface area contributed by atoms with Gasteiger partial charge in [-0.15, -0.1) is 11.6 Å². The molecule has 0 spiro atoms. The van der Waals surface area contributed by atoms with E-state index in [1.807, 2.05) is 0 Å². The average Bonchev–Trinajstić information content (AvgIpc) is 2.12. The minimum atomic E-state index is -4.50. The first-order valence-corrected chi connectivity index (χ1v) is 9.27. The third-order valence-electron chi connectivity index (χ3n) is 2.65. The van der Waals surface area contributed by atoms with Crippen LogP contribution in [-0.2, 0) is 4.50 Å². The lowest BCUT2D eigenvalue weighted by atomic mass is 10.1. The highest BCUT2D eigenvalue weighted by Crippen LogP contribution is 2.51. The van der Waals surface area contributed by atoms with Crippen LogP contribution in [0, 0.1) is 0 Å². The summed E-state index contributed by atoms with van der Waals surface area (Å²) in [4.78, 5) is 0. The van der Waals surface area contributed by atoms with Crippen molar-refractivity contribution in [3.05, 3.63) is 34.9 Å². The molecule has 0 radical (unpaired) electrons. The van der Waals surface area contributed by atoms with Crippen molar-refractivity contribution in [3.63, 3.8) is 0 Å². The molecular weight excluding hydrogens is 288 g/mol. The summed E-state index contributed by atoms with van der Waals surface area (Å²) in [7, 11) is -2.73. The highest BCUT2D eigenvalue weighted by Gasteiger charge is 2.62. The fourth-order valence-corrected chi connectivity index (χ4v) is 3.90. The van der Waals surface area contributed by atoms with Crippen LogP contribution < -0.4 is 0 Å². The van der Waals surface area contributed by atoms with Gasteiger partial charge < -0.3 is 0 Å². The number of hydrogen-bond acceptors (Lipinski definition) is 0. The van der Waals surface area contributed by atoms with Gasteiger partial charge in [-0.1, -0.05) is 43.4 Å². The Labute approximate surface area is 110 Å². The van der Waals surface area contributed by atoms with Crippen LogP contribution >= 0.6 is 23.2 Å². The highest BCUT2D eigenvalue weighted by molar-refractivity contribution is 6.85. The summed E-state index contributed by atoms with van der Waals surface area (Å²) in [5.41, 5.74) is 0.0262. The molecule has 0 heterocycles. The molecule has 0 aromatic heterocycles. The van der Waals surface area contributed by atoms with Gasteiger partial charge in [-0.25, -0.2) is 0 Å². The Morgan fingerprint density at radius 1 is 1.12 bits per heavy atom. The third-order valence-corrected chi connectivity index (χ3v) is 7.65. The lowest BCUT2D eigenvalue weighted by Gasteiger charge is -2.40. The standard InChI is InChI=1S/C11H13Cl2F3Si/c1-17(2,3)10(13,11(14,15)16)8-5-4-6-9(12)7-8/h4-7H,1-3H3. The molecule has 0 fully saturated rings. The Hall–Kier alpha value is -0.193. The summed E-state index contributed by atoms with van der Waals surface area (Å²) >= 11 is 11.7. The lowest BCUT2D eigenvalue weighted by molar-refractivity contribution is -0.146. The fraction of sp³-hybridized carbons (Fsp3) is 0.455. The summed E-state index contributed by atoms with van der Waals surface area (Å²) in [5, 5.41) is 0.259. The van der Waals surface area contributed by atoms with E-state index in [2.05, 4.69) is 0 Å². The predicted octanol–water partition coefficient (Wildman–Crippen LogP) is 5.21. The van der Waals surface area contributed by atoms with E-state index in [9.17, 15) is 13.2 Å². The quantitative estimate of drug-likeness (QED) is 0.519. The topological polar surface area (TPSA) is 0 Å². The largest absolute Gasteiger partial charge is 0.408 e. The van der Waals surface area contributed by atoms with Crippen molar-refractivity contribution >= 4 is 31.3 Å². The van der Waals surface area contributed by atoms with E-state index in [1.165, 1.54) is 24.3 Å². The molecule has 1 unspecified atom stereocenters. The molecule has 0 aliphatic rings. The van der Waals surface area contributed by atoms with Crippen LogP contribution in [0.1, 0.15) is 5.56 Å². The number of benzene rings is 1. The van der Waals surface area contributed by atoms with Crippen molar-refractivity contribution in [1.82, 2.24) is 0 Å². The van der Waals surface area contributed by atoms with Gasteiger partial charge in [-0.05, 0) is 17.7 Å². The number of hydrogen-bond donors (Lipinski definition) is 0. The zero-order valence-corrected chi connectivity index (χ0v) is 12.2. The molecule has 0 saturated carbocycles. The Morgan fingerprint density at radius 3 is 2.00 bits per heavy atom. The van der Waals surface area contributed by atoms with E-state index in [4.69, 9.17) is 23.2 Å². The summed E-state index contributed by atoms with van der Waals surface area (Å²) in [6.07, 6.45) is -4.50. The molecule has 0 nitrogen and oxygen atoms in total. The first kappa shape index (κ1) is 14.9. The molecule has 96 valence electrons. The molecule has 0 bridgehead atoms. The molecule has 0 N–H and O–H groups in total. The van der Waals surface area contributed by atoms with Crippen molar-refractivity contribution in [1.29, 1.82) is 0 Å². The summed E-state index contributed by atoms with van der Waals surface area (Å²) in [5.74, 6) is 0. The summed E-state index contributed by atoms with van der Waals surface area (Å²) < 4.78 is 37.5. The van der Waals surface area contributed by atoms with Gasteiger partial charge in [-0.3, -0.25) is 0 Å². The second-order valence-corrected chi connectivity index (χ2v) is 11.5. The third kappa shape index (κ3) is 2.64. The van der Waals surface area contributed by atoms with Crippen LogP contribution in [-0.4, -0.2) is 14.3 Å². The minimum absolute atomic E-state index is 0.0262. The van der Waals surface area contributed by atoms with E-state index in [0.29, 0.717) is 0 Å². The van der Waals surface area contributed by atoms with Gasteiger partial charge in [0.25, 0.3) is 0 Å². The molecule has 17 heavy (non-hydrogen) atoms.